The topological polar surface area (TPSA) is 0 Å². The first kappa shape index (κ1) is 27.4. The normalized spacial score (nSPS) is 23.0. The predicted molar refractivity (Wildman–Crippen MR) is 126 cm³/mol. The summed E-state index contributed by atoms with van der Waals surface area (Å²) in [4.78, 5) is 0. The van der Waals surface area contributed by atoms with Crippen molar-refractivity contribution >= 4 is 8.78 Å². The predicted octanol–water partition coefficient (Wildman–Crippen LogP) is 1.34. The van der Waals surface area contributed by atoms with E-state index in [9.17, 15) is 0 Å². The summed E-state index contributed by atoms with van der Waals surface area (Å²) < 4.78 is 1.51. The van der Waals surface area contributed by atoms with E-state index in [1.54, 1.807) is 52.1 Å². The molecule has 0 spiro atoms. The van der Waals surface area contributed by atoms with Crippen molar-refractivity contribution < 1.29 is 49.0 Å². The van der Waals surface area contributed by atoms with Crippen molar-refractivity contribution in [1.82, 2.24) is 0 Å². The Bertz CT molecular complexity index is 947. The first-order valence-corrected chi connectivity index (χ1v) is 12.7. The molecule has 2 atom stereocenters. The van der Waals surface area contributed by atoms with Gasteiger partial charge in [-0.05, 0) is 36.7 Å². The summed E-state index contributed by atoms with van der Waals surface area (Å²) in [6, 6.07) is 9.07. The fraction of sp³-hybridized carbons (Fsp3) is 0.379. The van der Waals surface area contributed by atoms with Crippen LogP contribution >= 0.6 is 0 Å². The van der Waals surface area contributed by atoms with Crippen LogP contribution in [0.4, 0.5) is 0 Å². The Kier molecular flexibility index (Phi) is 11.2. The summed E-state index contributed by atoms with van der Waals surface area (Å²) in [5.74, 6) is 1.60. The van der Waals surface area contributed by atoms with Crippen molar-refractivity contribution in [2.24, 2.45) is 11.8 Å². The third-order valence-corrected chi connectivity index (χ3v) is 6.49. The molecule has 1 aromatic carbocycles. The molecule has 0 heterocycles. The maximum Gasteiger partial charge on any atom is -0.109 e. The maximum atomic E-state index is 2.99. The van der Waals surface area contributed by atoms with Gasteiger partial charge >= 0.3 is 41.3 Å². The molecule has 3 heteroatoms. The van der Waals surface area contributed by atoms with Gasteiger partial charge in [0.2, 0.25) is 0 Å². The van der Waals surface area contributed by atoms with Crippen molar-refractivity contribution in [3.63, 3.8) is 0 Å². The number of hydrogen-bond donors (Lipinski definition) is 0. The van der Waals surface area contributed by atoms with Crippen LogP contribution in [0.25, 0.3) is 5.57 Å². The molecule has 5 aliphatic rings. The monoisotopic (exact) mass is 540 g/mol. The van der Waals surface area contributed by atoms with E-state index in [-0.39, 0.29) is 24.8 Å². The number of benzene rings is 1. The SMILES string of the molecule is C1=CC2=C3C(=C4[CH-]CCCC4C2CC1)Cc1ccccc13.C[C](C)=[Zr+2].[C-]1=CC=CC1.[Cl-].[Cl-]. The second-order valence-electron chi connectivity index (χ2n) is 8.93. The minimum atomic E-state index is 0. The molecular formula is C29H32Cl2Zr-2. The molecule has 0 amide bonds. The van der Waals surface area contributed by atoms with Crippen molar-refractivity contribution in [1.29, 1.82) is 0 Å². The van der Waals surface area contributed by atoms with Crippen molar-refractivity contribution in [2.45, 2.75) is 58.8 Å². The Balaban J connectivity index is 0.000000282. The van der Waals surface area contributed by atoms with Crippen LogP contribution in [0.5, 0.6) is 0 Å². The molecule has 168 valence electrons. The smallest absolute Gasteiger partial charge is 0.109 e. The van der Waals surface area contributed by atoms with Crippen LogP contribution in [0, 0.1) is 24.3 Å². The van der Waals surface area contributed by atoms with E-state index in [1.807, 2.05) is 12.2 Å². The largest absolute Gasteiger partial charge is 1.00 e. The first-order valence-electron chi connectivity index (χ1n) is 11.5. The molecular weight excluding hydrogens is 510 g/mol. The van der Waals surface area contributed by atoms with Crippen LogP contribution < -0.4 is 24.8 Å². The Morgan fingerprint density at radius 2 is 1.84 bits per heavy atom. The van der Waals surface area contributed by atoms with Gasteiger partial charge in [-0.2, -0.15) is 11.6 Å². The molecule has 1 saturated carbocycles. The van der Waals surface area contributed by atoms with Gasteiger partial charge in [0.25, 0.3) is 0 Å². The van der Waals surface area contributed by atoms with Gasteiger partial charge in [-0.15, -0.1) is 12.8 Å². The zero-order valence-corrected chi connectivity index (χ0v) is 23.1. The van der Waals surface area contributed by atoms with Crippen LogP contribution in [0.3, 0.4) is 0 Å². The van der Waals surface area contributed by atoms with Crippen LogP contribution in [0.1, 0.15) is 63.5 Å². The van der Waals surface area contributed by atoms with Crippen molar-refractivity contribution in [2.75, 3.05) is 0 Å². The Labute approximate surface area is 222 Å². The quantitative estimate of drug-likeness (QED) is 0.435. The molecule has 0 N–H and O–H groups in total. The molecule has 2 unspecified atom stereocenters. The van der Waals surface area contributed by atoms with E-state index < -0.39 is 0 Å². The number of allylic oxidation sites excluding steroid dienone is 10. The van der Waals surface area contributed by atoms with E-state index >= 15 is 0 Å². The van der Waals surface area contributed by atoms with Gasteiger partial charge in [0.15, 0.2) is 0 Å². The number of halogens is 2. The number of rotatable bonds is 0. The van der Waals surface area contributed by atoms with Crippen molar-refractivity contribution in [3.8, 4) is 0 Å². The van der Waals surface area contributed by atoms with Crippen molar-refractivity contribution in [3.05, 3.63) is 95.0 Å². The van der Waals surface area contributed by atoms with E-state index in [2.05, 4.69) is 68.8 Å². The fourth-order valence-electron chi connectivity index (χ4n) is 5.40. The third kappa shape index (κ3) is 6.17. The molecule has 0 nitrogen and oxygen atoms in total. The summed E-state index contributed by atoms with van der Waals surface area (Å²) in [5, 5.41) is 0. The van der Waals surface area contributed by atoms with Crippen LogP contribution in [0.2, 0.25) is 0 Å². The molecule has 0 saturated heterocycles. The molecule has 6 rings (SSSR count). The molecule has 32 heavy (non-hydrogen) atoms. The van der Waals surface area contributed by atoms with Gasteiger partial charge < -0.3 is 24.8 Å². The van der Waals surface area contributed by atoms with Gasteiger partial charge in [0.1, 0.15) is 0 Å². The summed E-state index contributed by atoms with van der Waals surface area (Å²) in [6.45, 7) is 4.25. The van der Waals surface area contributed by atoms with Gasteiger partial charge in [-0.1, -0.05) is 66.0 Å². The summed E-state index contributed by atoms with van der Waals surface area (Å²) in [7, 11) is 0. The molecule has 0 bridgehead atoms. The Morgan fingerprint density at radius 3 is 2.53 bits per heavy atom. The molecule has 0 aliphatic heterocycles. The minimum absolute atomic E-state index is 0. The Morgan fingerprint density at radius 1 is 1.06 bits per heavy atom. The van der Waals surface area contributed by atoms with Crippen LogP contribution in [-0.2, 0) is 30.7 Å². The molecule has 1 aromatic rings. The summed E-state index contributed by atoms with van der Waals surface area (Å²) >= 11 is 1.55. The minimum Gasteiger partial charge on any atom is -1.00 e. The average Bonchev–Trinajstić information content (AvgIpc) is 3.45. The molecule has 1 fully saturated rings. The second kappa shape index (κ2) is 13.1. The van der Waals surface area contributed by atoms with E-state index in [4.69, 9.17) is 0 Å². The number of hydrogen-bond acceptors (Lipinski definition) is 0. The third-order valence-electron chi connectivity index (χ3n) is 6.49. The van der Waals surface area contributed by atoms with E-state index in [1.165, 1.54) is 40.9 Å². The van der Waals surface area contributed by atoms with Crippen LogP contribution in [0.15, 0.2) is 71.4 Å². The molecule has 0 radical (unpaired) electrons. The zero-order valence-electron chi connectivity index (χ0n) is 19.1. The second-order valence-corrected chi connectivity index (χ2v) is 11.4. The Hall–Kier alpha value is -0.877. The maximum absolute atomic E-state index is 2.99. The van der Waals surface area contributed by atoms with Crippen LogP contribution in [-0.4, -0.2) is 3.21 Å². The average molecular weight is 543 g/mol. The zero-order chi connectivity index (χ0) is 20.9. The first-order chi connectivity index (χ1) is 14.7. The van der Waals surface area contributed by atoms with E-state index in [0.717, 1.165) is 24.7 Å². The molecule has 5 aliphatic carbocycles. The van der Waals surface area contributed by atoms with Gasteiger partial charge in [-0.25, -0.2) is 24.1 Å². The van der Waals surface area contributed by atoms with Gasteiger partial charge in [0, 0.05) is 0 Å². The standard InChI is InChI=1S/C21H21.C5H5.C3H6.2ClH.Zr/c1-2-8-15-14(7-1)13-20-18-11-4-3-9-16(18)17-10-5-6-12-19(17)21(15)20;1-2-4-5-3-1;1-3-2;;;/h1-2,6-8,11-12,16-17H,3-5,9-10,13H2;1-3H,4H2;1-2H3;2*1H;/q2*-1;;;;+2/p-2. The van der Waals surface area contributed by atoms with E-state index in [0.29, 0.717) is 0 Å². The van der Waals surface area contributed by atoms with Gasteiger partial charge in [0.05, 0.1) is 0 Å². The number of fused-ring (bicyclic) bond motifs is 6. The summed E-state index contributed by atoms with van der Waals surface area (Å²) in [6.07, 6.45) is 25.3. The summed E-state index contributed by atoms with van der Waals surface area (Å²) in [5.41, 5.74) is 9.71. The van der Waals surface area contributed by atoms with Gasteiger partial charge in [-0.3, -0.25) is 6.08 Å². The molecule has 0 aromatic heterocycles. The fourth-order valence-corrected chi connectivity index (χ4v) is 5.40.